The molecule has 0 aromatic carbocycles. The lowest BCUT2D eigenvalue weighted by Crippen LogP contribution is -1.58. The summed E-state index contributed by atoms with van der Waals surface area (Å²) in [6.45, 7) is 1.96. The van der Waals surface area contributed by atoms with E-state index in [0.717, 1.165) is 10.8 Å². The molecule has 0 aromatic rings. The van der Waals surface area contributed by atoms with Crippen molar-refractivity contribution in [3.8, 4) is 0 Å². The SMILES string of the molecule is CC(=S)PI. The van der Waals surface area contributed by atoms with Gasteiger partial charge in [-0.2, -0.15) is 0 Å². The molecule has 5 heavy (non-hydrogen) atoms. The molecular formula is C2H4IPS. The fourth-order valence-corrected chi connectivity index (χ4v) is 0. The van der Waals surface area contributed by atoms with Crippen molar-refractivity contribution >= 4 is 45.1 Å². The van der Waals surface area contributed by atoms with Crippen molar-refractivity contribution in [1.82, 2.24) is 0 Å². The minimum Gasteiger partial charge on any atom is -0.0842 e. The molecule has 1 unspecified atom stereocenters. The zero-order valence-electron chi connectivity index (χ0n) is 2.79. The molecule has 0 radical (unpaired) electrons. The number of hydrogen-bond acceptors (Lipinski definition) is 1. The maximum Gasteiger partial charge on any atom is 0.0202 e. The lowest BCUT2D eigenvalue weighted by atomic mass is 11.0. The van der Waals surface area contributed by atoms with Gasteiger partial charge in [-0.05, 0) is 13.1 Å². The second kappa shape index (κ2) is 3.44. The molecule has 0 aliphatic heterocycles. The second-order valence-corrected chi connectivity index (χ2v) is 4.18. The molecule has 0 saturated carbocycles. The summed E-state index contributed by atoms with van der Waals surface area (Å²) >= 11 is 6.97. The first-order valence-corrected chi connectivity index (χ1v) is 5.67. The van der Waals surface area contributed by atoms with Gasteiger partial charge >= 0.3 is 0 Å². The number of thiocarbonyl (C=S) groups is 1. The van der Waals surface area contributed by atoms with Crippen molar-refractivity contribution in [1.29, 1.82) is 0 Å². The Bertz CT molecular complexity index is 44.9. The van der Waals surface area contributed by atoms with Gasteiger partial charge in [-0.3, -0.25) is 0 Å². The summed E-state index contributed by atoms with van der Waals surface area (Å²) in [7, 11) is 0. The van der Waals surface area contributed by atoms with E-state index in [9.17, 15) is 0 Å². The molecule has 0 amide bonds. The molecule has 0 aromatic heterocycles. The van der Waals surface area contributed by atoms with Crippen LogP contribution in [0.15, 0.2) is 0 Å². The molecule has 0 aliphatic carbocycles. The first kappa shape index (κ1) is 6.25. The van der Waals surface area contributed by atoms with Crippen molar-refractivity contribution in [2.45, 2.75) is 6.92 Å². The molecule has 0 N–H and O–H groups in total. The average molecular weight is 218 g/mol. The van der Waals surface area contributed by atoms with E-state index in [1.807, 2.05) is 6.92 Å². The Morgan fingerprint density at radius 2 is 2.20 bits per heavy atom. The summed E-state index contributed by atoms with van der Waals surface area (Å²) in [6.07, 6.45) is 0.816. The Balaban J connectivity index is 2.85. The van der Waals surface area contributed by atoms with Crippen LogP contribution in [0.3, 0.4) is 0 Å². The molecule has 0 bridgehead atoms. The Labute approximate surface area is 52.0 Å². The highest BCUT2D eigenvalue weighted by Gasteiger charge is 1.72. The number of rotatable bonds is 1. The van der Waals surface area contributed by atoms with Gasteiger partial charge in [0, 0.05) is 4.61 Å². The van der Waals surface area contributed by atoms with Crippen LogP contribution >= 0.6 is 40.5 Å². The van der Waals surface area contributed by atoms with E-state index in [4.69, 9.17) is 12.2 Å². The van der Waals surface area contributed by atoms with Gasteiger partial charge in [0.1, 0.15) is 0 Å². The summed E-state index contributed by atoms with van der Waals surface area (Å²) in [6, 6.07) is 0. The molecule has 1 atom stereocenters. The summed E-state index contributed by atoms with van der Waals surface area (Å²) in [5.41, 5.74) is 0. The van der Waals surface area contributed by atoms with Crippen LogP contribution in [0.25, 0.3) is 0 Å². The molecule has 3 heteroatoms. The zero-order chi connectivity index (χ0) is 4.28. The Hall–Kier alpha value is 1.25. The largest absolute Gasteiger partial charge is 0.0842 e. The molecule has 0 spiro atoms. The second-order valence-electron chi connectivity index (χ2n) is 0.651. The third kappa shape index (κ3) is 5.25. The van der Waals surface area contributed by atoms with Gasteiger partial charge in [-0.1, -0.05) is 34.3 Å². The van der Waals surface area contributed by atoms with Gasteiger partial charge in [0.25, 0.3) is 0 Å². The van der Waals surface area contributed by atoms with Crippen molar-refractivity contribution in [3.05, 3.63) is 0 Å². The topological polar surface area (TPSA) is 0 Å². The van der Waals surface area contributed by atoms with Crippen molar-refractivity contribution in [2.75, 3.05) is 0 Å². The van der Waals surface area contributed by atoms with Crippen LogP contribution < -0.4 is 0 Å². The van der Waals surface area contributed by atoms with E-state index < -0.39 is 0 Å². The molecule has 0 nitrogen and oxygen atoms in total. The predicted molar refractivity (Wildman–Crippen MR) is 40.6 cm³/mol. The highest BCUT2D eigenvalue weighted by atomic mass is 127. The van der Waals surface area contributed by atoms with Crippen LogP contribution in [-0.4, -0.2) is 4.61 Å². The highest BCUT2D eigenvalue weighted by molar-refractivity contribution is 14.2. The summed E-state index contributed by atoms with van der Waals surface area (Å²) in [5, 5.41) is 0. The maximum atomic E-state index is 4.70. The van der Waals surface area contributed by atoms with Gasteiger partial charge < -0.3 is 0 Å². The van der Waals surface area contributed by atoms with Gasteiger partial charge in [0.05, 0.1) is 0 Å². The first-order valence-electron chi connectivity index (χ1n) is 1.14. The third-order valence-electron chi connectivity index (χ3n) is 0.133. The van der Waals surface area contributed by atoms with Crippen LogP contribution in [-0.2, 0) is 0 Å². The van der Waals surface area contributed by atoms with Gasteiger partial charge in [0.2, 0.25) is 0 Å². The van der Waals surface area contributed by atoms with E-state index in [0.29, 0.717) is 0 Å². The minimum absolute atomic E-state index is 0.816. The average Bonchev–Trinajstić information content (AvgIpc) is 1.38. The molecular weight excluding hydrogens is 214 g/mol. The summed E-state index contributed by atoms with van der Waals surface area (Å²) in [5.74, 6) is 0. The fraction of sp³-hybridized carbons (Fsp3) is 0.500. The quantitative estimate of drug-likeness (QED) is 0.370. The van der Waals surface area contributed by atoms with Crippen molar-refractivity contribution in [3.63, 3.8) is 0 Å². The van der Waals surface area contributed by atoms with E-state index >= 15 is 0 Å². The standard InChI is InChI=1S/C2H4IPS/c1-2(5)4-3/h4H,1H3. The summed E-state index contributed by atoms with van der Waals surface area (Å²) in [4.78, 5) is 0. The normalized spacial score (nSPS) is 10.0. The Morgan fingerprint density at radius 1 is 2.00 bits per heavy atom. The van der Waals surface area contributed by atoms with E-state index in [-0.39, 0.29) is 0 Å². The van der Waals surface area contributed by atoms with Crippen LogP contribution in [0, 0.1) is 0 Å². The highest BCUT2D eigenvalue weighted by Crippen LogP contribution is 2.21. The fourth-order valence-electron chi connectivity index (χ4n) is 0. The first-order chi connectivity index (χ1) is 2.27. The predicted octanol–water partition coefficient (Wildman–Crippen LogP) is 2.36. The van der Waals surface area contributed by atoms with Gasteiger partial charge in [-0.25, -0.2) is 0 Å². The zero-order valence-corrected chi connectivity index (χ0v) is 6.76. The molecule has 0 aliphatic rings. The van der Waals surface area contributed by atoms with Crippen LogP contribution in [0.5, 0.6) is 0 Å². The maximum absolute atomic E-state index is 4.70. The monoisotopic (exact) mass is 218 g/mol. The molecule has 0 saturated heterocycles. The Kier molecular flexibility index (Phi) is 4.30. The van der Waals surface area contributed by atoms with E-state index in [2.05, 4.69) is 22.0 Å². The summed E-state index contributed by atoms with van der Waals surface area (Å²) < 4.78 is 1.10. The van der Waals surface area contributed by atoms with Crippen LogP contribution in [0.4, 0.5) is 0 Å². The van der Waals surface area contributed by atoms with Gasteiger partial charge in [0.15, 0.2) is 0 Å². The lowest BCUT2D eigenvalue weighted by molar-refractivity contribution is 2.12. The molecule has 0 rings (SSSR count). The van der Waals surface area contributed by atoms with Crippen molar-refractivity contribution in [2.24, 2.45) is 0 Å². The van der Waals surface area contributed by atoms with Crippen LogP contribution in [0.2, 0.25) is 0 Å². The van der Waals surface area contributed by atoms with Crippen LogP contribution in [0.1, 0.15) is 6.92 Å². The number of halogens is 1. The molecule has 0 fully saturated rings. The number of hydrogen-bond donors (Lipinski definition) is 0. The molecule has 0 heterocycles. The third-order valence-corrected chi connectivity index (χ3v) is 4.23. The van der Waals surface area contributed by atoms with E-state index in [1.54, 1.807) is 0 Å². The van der Waals surface area contributed by atoms with E-state index in [1.165, 1.54) is 0 Å². The van der Waals surface area contributed by atoms with Crippen molar-refractivity contribution < 1.29 is 0 Å². The lowest BCUT2D eigenvalue weighted by Gasteiger charge is -1.74. The smallest absolute Gasteiger partial charge is 0.0202 e. The molecule has 30 valence electrons. The van der Waals surface area contributed by atoms with Gasteiger partial charge in [-0.15, -0.1) is 0 Å². The minimum atomic E-state index is 0.816. The Morgan fingerprint density at radius 3 is 2.20 bits per heavy atom.